The highest BCUT2D eigenvalue weighted by atomic mass is 16.5. The molecule has 1 rings (SSSR count). The molecular weight excluding hydrogens is 192 g/mol. The predicted molar refractivity (Wildman–Crippen MR) is 59.7 cm³/mol. The van der Waals surface area contributed by atoms with Gasteiger partial charge in [-0.15, -0.1) is 0 Å². The van der Waals surface area contributed by atoms with Crippen LogP contribution >= 0.6 is 0 Å². The smallest absolute Gasteiger partial charge is 0.233 e. The largest absolute Gasteiger partial charge is 0.385 e. The van der Waals surface area contributed by atoms with E-state index in [0.29, 0.717) is 25.7 Å². The molecule has 0 aromatic heterocycles. The summed E-state index contributed by atoms with van der Waals surface area (Å²) in [6.45, 7) is 3.98. The van der Waals surface area contributed by atoms with E-state index in [2.05, 4.69) is 17.6 Å². The number of nitrogens with one attached hydrogen (secondary N) is 2. The Kier molecular flexibility index (Phi) is 5.65. The van der Waals surface area contributed by atoms with Crippen LogP contribution in [-0.4, -0.2) is 38.8 Å². The number of methoxy groups -OCH3 is 1. The van der Waals surface area contributed by atoms with Gasteiger partial charge in [0.15, 0.2) is 0 Å². The SMILES string of the molecule is COCCCNC(=O)CNC(C)C1CC1. The maximum atomic E-state index is 11.3. The first-order valence-electron chi connectivity index (χ1n) is 5.73. The zero-order valence-corrected chi connectivity index (χ0v) is 9.71. The topological polar surface area (TPSA) is 50.4 Å². The number of hydrogen-bond donors (Lipinski definition) is 2. The fourth-order valence-electron chi connectivity index (χ4n) is 1.52. The summed E-state index contributed by atoms with van der Waals surface area (Å²) in [6.07, 6.45) is 3.49. The molecule has 15 heavy (non-hydrogen) atoms. The summed E-state index contributed by atoms with van der Waals surface area (Å²) in [5, 5.41) is 6.09. The molecule has 0 bridgehead atoms. The lowest BCUT2D eigenvalue weighted by molar-refractivity contribution is -0.120. The van der Waals surface area contributed by atoms with Crippen LogP contribution in [0.5, 0.6) is 0 Å². The van der Waals surface area contributed by atoms with Crippen LogP contribution in [0, 0.1) is 5.92 Å². The van der Waals surface area contributed by atoms with E-state index in [-0.39, 0.29) is 5.91 Å². The molecule has 0 spiro atoms. The summed E-state index contributed by atoms with van der Waals surface area (Å²) in [7, 11) is 1.67. The fourth-order valence-corrected chi connectivity index (χ4v) is 1.52. The van der Waals surface area contributed by atoms with Gasteiger partial charge in [0.2, 0.25) is 5.91 Å². The highest BCUT2D eigenvalue weighted by Gasteiger charge is 2.27. The molecule has 0 aliphatic heterocycles. The van der Waals surface area contributed by atoms with Gasteiger partial charge >= 0.3 is 0 Å². The fraction of sp³-hybridized carbons (Fsp3) is 0.909. The van der Waals surface area contributed by atoms with Gasteiger partial charge < -0.3 is 15.4 Å². The Balaban J connectivity index is 1.93. The Hall–Kier alpha value is -0.610. The van der Waals surface area contributed by atoms with Crippen LogP contribution in [-0.2, 0) is 9.53 Å². The molecule has 1 unspecified atom stereocenters. The van der Waals surface area contributed by atoms with Crippen LogP contribution in [0.4, 0.5) is 0 Å². The van der Waals surface area contributed by atoms with E-state index in [1.165, 1.54) is 12.8 Å². The number of carbonyl (C=O) groups is 1. The van der Waals surface area contributed by atoms with Gasteiger partial charge in [0.25, 0.3) is 0 Å². The Morgan fingerprint density at radius 2 is 2.27 bits per heavy atom. The summed E-state index contributed by atoms with van der Waals surface area (Å²) in [5.74, 6) is 0.880. The quantitative estimate of drug-likeness (QED) is 0.579. The summed E-state index contributed by atoms with van der Waals surface area (Å²) in [4.78, 5) is 11.3. The Morgan fingerprint density at radius 3 is 2.87 bits per heavy atom. The third kappa shape index (κ3) is 5.74. The van der Waals surface area contributed by atoms with Gasteiger partial charge in [0, 0.05) is 26.3 Å². The van der Waals surface area contributed by atoms with Crippen LogP contribution in [0.15, 0.2) is 0 Å². The standard InChI is InChI=1S/C11H22N2O2/c1-9(10-4-5-10)13-8-11(14)12-6-3-7-15-2/h9-10,13H,3-8H2,1-2H3,(H,12,14). The molecule has 4 nitrogen and oxygen atoms in total. The lowest BCUT2D eigenvalue weighted by Crippen LogP contribution is -2.39. The zero-order chi connectivity index (χ0) is 11.1. The molecular formula is C11H22N2O2. The summed E-state index contributed by atoms with van der Waals surface area (Å²) < 4.78 is 4.89. The van der Waals surface area contributed by atoms with Gasteiger partial charge in [-0.3, -0.25) is 4.79 Å². The Morgan fingerprint density at radius 1 is 1.53 bits per heavy atom. The molecule has 0 heterocycles. The molecule has 0 radical (unpaired) electrons. The van der Waals surface area contributed by atoms with Crippen molar-refractivity contribution in [2.45, 2.75) is 32.2 Å². The van der Waals surface area contributed by atoms with Crippen LogP contribution < -0.4 is 10.6 Å². The second-order valence-corrected chi connectivity index (χ2v) is 4.20. The van der Waals surface area contributed by atoms with Crippen molar-refractivity contribution in [1.82, 2.24) is 10.6 Å². The highest BCUT2D eigenvalue weighted by molar-refractivity contribution is 5.77. The Labute approximate surface area is 91.8 Å². The summed E-state index contributed by atoms with van der Waals surface area (Å²) >= 11 is 0. The van der Waals surface area contributed by atoms with Crippen molar-refractivity contribution in [3.05, 3.63) is 0 Å². The van der Waals surface area contributed by atoms with Gasteiger partial charge in [-0.2, -0.15) is 0 Å². The summed E-state index contributed by atoms with van der Waals surface area (Å²) in [6, 6.07) is 0.481. The Bertz CT molecular complexity index is 193. The molecule has 1 aliphatic rings. The van der Waals surface area contributed by atoms with Gasteiger partial charge in [0.05, 0.1) is 6.54 Å². The third-order valence-electron chi connectivity index (χ3n) is 2.76. The maximum absolute atomic E-state index is 11.3. The molecule has 1 saturated carbocycles. The molecule has 0 saturated heterocycles. The average Bonchev–Trinajstić information content (AvgIpc) is 3.04. The van der Waals surface area contributed by atoms with Crippen LogP contribution in [0.3, 0.4) is 0 Å². The normalized spacial score (nSPS) is 17.5. The zero-order valence-electron chi connectivity index (χ0n) is 9.71. The van der Waals surface area contributed by atoms with Gasteiger partial charge in [-0.25, -0.2) is 0 Å². The molecule has 0 aromatic rings. The van der Waals surface area contributed by atoms with Gasteiger partial charge in [0.1, 0.15) is 0 Å². The molecule has 1 atom stereocenters. The molecule has 1 aliphatic carbocycles. The first-order valence-corrected chi connectivity index (χ1v) is 5.73. The average molecular weight is 214 g/mol. The molecule has 88 valence electrons. The third-order valence-corrected chi connectivity index (χ3v) is 2.76. The van der Waals surface area contributed by atoms with Gasteiger partial charge in [-0.05, 0) is 32.1 Å². The van der Waals surface area contributed by atoms with E-state index in [9.17, 15) is 4.79 Å². The van der Waals surface area contributed by atoms with Crippen molar-refractivity contribution in [3.8, 4) is 0 Å². The predicted octanol–water partition coefficient (Wildman–Crippen LogP) is 0.527. The van der Waals surface area contributed by atoms with E-state index >= 15 is 0 Å². The minimum absolute atomic E-state index is 0.0820. The van der Waals surface area contributed by atoms with Crippen molar-refractivity contribution in [2.24, 2.45) is 5.92 Å². The molecule has 2 N–H and O–H groups in total. The highest BCUT2D eigenvalue weighted by Crippen LogP contribution is 2.32. The molecule has 1 fully saturated rings. The number of carbonyl (C=O) groups excluding carboxylic acids is 1. The van der Waals surface area contributed by atoms with Crippen molar-refractivity contribution in [2.75, 3.05) is 26.8 Å². The van der Waals surface area contributed by atoms with E-state index in [1.54, 1.807) is 7.11 Å². The minimum atomic E-state index is 0.0820. The second kappa shape index (κ2) is 6.80. The maximum Gasteiger partial charge on any atom is 0.233 e. The lowest BCUT2D eigenvalue weighted by Gasteiger charge is -2.12. The van der Waals surface area contributed by atoms with Crippen molar-refractivity contribution in [3.63, 3.8) is 0 Å². The first kappa shape index (κ1) is 12.5. The van der Waals surface area contributed by atoms with E-state index in [1.807, 2.05) is 0 Å². The van der Waals surface area contributed by atoms with Crippen LogP contribution in [0.1, 0.15) is 26.2 Å². The molecule has 4 heteroatoms. The van der Waals surface area contributed by atoms with E-state index in [0.717, 1.165) is 12.3 Å². The number of rotatable bonds is 8. The van der Waals surface area contributed by atoms with Crippen molar-refractivity contribution in [1.29, 1.82) is 0 Å². The molecule has 0 aromatic carbocycles. The van der Waals surface area contributed by atoms with Crippen molar-refractivity contribution < 1.29 is 9.53 Å². The van der Waals surface area contributed by atoms with Crippen molar-refractivity contribution >= 4 is 5.91 Å². The number of amides is 1. The van der Waals surface area contributed by atoms with Gasteiger partial charge in [-0.1, -0.05) is 0 Å². The first-order chi connectivity index (χ1) is 7.24. The number of ether oxygens (including phenoxy) is 1. The monoisotopic (exact) mass is 214 g/mol. The lowest BCUT2D eigenvalue weighted by atomic mass is 10.2. The second-order valence-electron chi connectivity index (χ2n) is 4.20. The number of hydrogen-bond acceptors (Lipinski definition) is 3. The minimum Gasteiger partial charge on any atom is -0.385 e. The van der Waals surface area contributed by atoms with E-state index in [4.69, 9.17) is 4.74 Å². The summed E-state index contributed by atoms with van der Waals surface area (Å²) in [5.41, 5.74) is 0. The van der Waals surface area contributed by atoms with E-state index < -0.39 is 0 Å². The molecule has 1 amide bonds. The van der Waals surface area contributed by atoms with Crippen LogP contribution in [0.2, 0.25) is 0 Å². The van der Waals surface area contributed by atoms with Crippen LogP contribution in [0.25, 0.3) is 0 Å².